The van der Waals surface area contributed by atoms with Gasteiger partial charge in [-0.1, -0.05) is 35.9 Å². The molecule has 0 bridgehead atoms. The van der Waals surface area contributed by atoms with Crippen LogP contribution in [0.15, 0.2) is 59.5 Å². The smallest absolute Gasteiger partial charge is 0.266 e. The summed E-state index contributed by atoms with van der Waals surface area (Å²) in [5.41, 5.74) is 1.31. The van der Waals surface area contributed by atoms with Crippen molar-refractivity contribution in [2.24, 2.45) is 0 Å². The molecule has 4 rings (SSSR count). The molecule has 0 unspecified atom stereocenters. The van der Waals surface area contributed by atoms with Gasteiger partial charge in [0.2, 0.25) is 0 Å². The molecule has 5 nitrogen and oxygen atoms in total. The fourth-order valence-corrected chi connectivity index (χ4v) is 4.11. The van der Waals surface area contributed by atoms with Gasteiger partial charge < -0.3 is 0 Å². The Kier molecular flexibility index (Phi) is 4.90. The molecule has 2 aromatic carbocycles. The van der Waals surface area contributed by atoms with Gasteiger partial charge in [-0.3, -0.25) is 4.79 Å². The Balaban J connectivity index is 1.71. The summed E-state index contributed by atoms with van der Waals surface area (Å²) < 4.78 is 15.2. The third-order valence-corrected chi connectivity index (χ3v) is 5.74. The Bertz CT molecular complexity index is 1230. The lowest BCUT2D eigenvalue weighted by Crippen LogP contribution is -2.25. The number of hydrogen-bond acceptors (Lipinski definition) is 5. The van der Waals surface area contributed by atoms with Crippen molar-refractivity contribution in [3.05, 3.63) is 92.1 Å². The molecule has 1 atom stereocenters. The highest BCUT2D eigenvalue weighted by molar-refractivity contribution is 7.18. The molecule has 0 aliphatic carbocycles. The van der Waals surface area contributed by atoms with Crippen molar-refractivity contribution in [1.82, 2.24) is 14.8 Å². The molecule has 138 valence electrons. The molecule has 8 heteroatoms. The molecule has 0 aliphatic rings. The van der Waals surface area contributed by atoms with Crippen molar-refractivity contribution in [3.8, 4) is 6.07 Å². The van der Waals surface area contributed by atoms with Gasteiger partial charge in [0.25, 0.3) is 5.56 Å². The van der Waals surface area contributed by atoms with Gasteiger partial charge in [-0.15, -0.1) is 11.3 Å². The number of benzene rings is 2. The van der Waals surface area contributed by atoms with E-state index in [-0.39, 0.29) is 17.4 Å². The summed E-state index contributed by atoms with van der Waals surface area (Å²) in [6.07, 6.45) is 1.42. The van der Waals surface area contributed by atoms with Crippen LogP contribution in [0.1, 0.15) is 22.1 Å². The van der Waals surface area contributed by atoms with E-state index in [1.165, 1.54) is 34.3 Å². The third kappa shape index (κ3) is 3.40. The van der Waals surface area contributed by atoms with Crippen LogP contribution in [0.2, 0.25) is 5.02 Å². The minimum atomic E-state index is -0.787. The second-order valence-corrected chi connectivity index (χ2v) is 7.53. The van der Waals surface area contributed by atoms with Crippen LogP contribution in [-0.2, 0) is 6.54 Å². The highest BCUT2D eigenvalue weighted by atomic mass is 35.5. The number of aromatic nitrogens is 3. The zero-order chi connectivity index (χ0) is 19.7. The molecule has 0 N–H and O–H groups in total. The first kappa shape index (κ1) is 18.3. The quantitative estimate of drug-likeness (QED) is 0.501. The largest absolute Gasteiger partial charge is 0.286 e. The van der Waals surface area contributed by atoms with Gasteiger partial charge in [0.05, 0.1) is 29.0 Å². The molecule has 0 aliphatic heterocycles. The maximum absolute atomic E-state index is 13.0. The average Bonchev–Trinajstić information content (AvgIpc) is 3.13. The van der Waals surface area contributed by atoms with Gasteiger partial charge in [-0.25, -0.2) is 14.1 Å². The van der Waals surface area contributed by atoms with Gasteiger partial charge in [0.15, 0.2) is 0 Å². The van der Waals surface area contributed by atoms with Gasteiger partial charge in [-0.05, 0) is 29.8 Å². The first-order valence-corrected chi connectivity index (χ1v) is 9.51. The average molecular weight is 411 g/mol. The number of nitrogens with zero attached hydrogens (tertiary/aromatic N) is 4. The molecule has 0 fully saturated rings. The highest BCUT2D eigenvalue weighted by Crippen LogP contribution is 2.33. The van der Waals surface area contributed by atoms with Crippen molar-refractivity contribution in [1.29, 1.82) is 5.26 Å². The lowest BCUT2D eigenvalue weighted by Gasteiger charge is -2.11. The van der Waals surface area contributed by atoms with Crippen molar-refractivity contribution in [2.75, 3.05) is 0 Å². The van der Waals surface area contributed by atoms with Crippen molar-refractivity contribution >= 4 is 33.2 Å². The van der Waals surface area contributed by atoms with E-state index in [1.807, 2.05) is 24.3 Å². The molecule has 0 saturated heterocycles. The standard InChI is InChI=1S/C20H12ClFN4OS/c21-18-15(14(9-23)19-25-16-3-1-2-4-17(16)28-19)10-24-26(20(18)27)11-12-5-7-13(22)8-6-12/h1-8,10,14H,11H2/t14-/m1/s1. The molecule has 0 amide bonds. The Morgan fingerprint density at radius 2 is 1.96 bits per heavy atom. The van der Waals surface area contributed by atoms with E-state index in [0.717, 1.165) is 10.2 Å². The summed E-state index contributed by atoms with van der Waals surface area (Å²) in [6, 6.07) is 15.5. The van der Waals surface area contributed by atoms with E-state index in [1.54, 1.807) is 12.1 Å². The molecular weight excluding hydrogens is 399 g/mol. The minimum absolute atomic E-state index is 0.0667. The Labute approximate surface area is 168 Å². The van der Waals surface area contributed by atoms with Crippen molar-refractivity contribution in [2.45, 2.75) is 12.5 Å². The number of para-hydroxylation sites is 1. The highest BCUT2D eigenvalue weighted by Gasteiger charge is 2.23. The summed E-state index contributed by atoms with van der Waals surface area (Å²) in [6.45, 7) is 0.150. The number of hydrogen-bond donors (Lipinski definition) is 0. The van der Waals surface area contributed by atoms with Crippen LogP contribution >= 0.6 is 22.9 Å². The molecule has 0 saturated carbocycles. The van der Waals surface area contributed by atoms with Crippen LogP contribution in [-0.4, -0.2) is 14.8 Å². The van der Waals surface area contributed by atoms with Gasteiger partial charge in [0.1, 0.15) is 21.8 Å². The van der Waals surface area contributed by atoms with Gasteiger partial charge >= 0.3 is 0 Å². The predicted octanol–water partition coefficient (Wildman–Crippen LogP) is 4.35. The third-order valence-electron chi connectivity index (χ3n) is 4.25. The fraction of sp³-hybridized carbons (Fsp3) is 0.100. The number of nitriles is 1. The summed E-state index contributed by atoms with van der Waals surface area (Å²) in [5.74, 6) is -1.14. The van der Waals surface area contributed by atoms with Crippen LogP contribution in [0.4, 0.5) is 4.39 Å². The summed E-state index contributed by atoms with van der Waals surface area (Å²) in [7, 11) is 0. The maximum atomic E-state index is 13.0. The SMILES string of the molecule is N#C[C@@H](c1nc2ccccc2s1)c1cnn(Cc2ccc(F)cc2)c(=O)c1Cl. The molecule has 28 heavy (non-hydrogen) atoms. The van der Waals surface area contributed by atoms with Crippen molar-refractivity contribution < 1.29 is 4.39 Å². The molecule has 0 radical (unpaired) electrons. The number of thiazole rings is 1. The van der Waals surface area contributed by atoms with E-state index < -0.39 is 11.5 Å². The second-order valence-electron chi connectivity index (χ2n) is 6.09. The van der Waals surface area contributed by atoms with Crippen LogP contribution in [0, 0.1) is 17.1 Å². The Morgan fingerprint density at radius 1 is 1.21 bits per heavy atom. The van der Waals surface area contributed by atoms with Crippen LogP contribution < -0.4 is 5.56 Å². The Morgan fingerprint density at radius 3 is 2.68 bits per heavy atom. The summed E-state index contributed by atoms with van der Waals surface area (Å²) in [4.78, 5) is 17.1. The van der Waals surface area contributed by atoms with E-state index >= 15 is 0 Å². The first-order valence-electron chi connectivity index (χ1n) is 8.32. The normalized spacial score (nSPS) is 12.0. The van der Waals surface area contributed by atoms with E-state index in [4.69, 9.17) is 11.6 Å². The molecule has 2 aromatic heterocycles. The predicted molar refractivity (Wildman–Crippen MR) is 106 cm³/mol. The van der Waals surface area contributed by atoms with Crippen LogP contribution in [0.25, 0.3) is 10.2 Å². The first-order chi connectivity index (χ1) is 13.6. The van der Waals surface area contributed by atoms with Crippen LogP contribution in [0.5, 0.6) is 0 Å². The minimum Gasteiger partial charge on any atom is -0.266 e. The zero-order valence-electron chi connectivity index (χ0n) is 14.3. The summed E-state index contributed by atoms with van der Waals surface area (Å²) >= 11 is 7.69. The lowest BCUT2D eigenvalue weighted by atomic mass is 10.0. The Hall–Kier alpha value is -3.08. The molecule has 4 aromatic rings. The van der Waals surface area contributed by atoms with E-state index in [0.29, 0.717) is 16.1 Å². The molecule has 0 spiro atoms. The van der Waals surface area contributed by atoms with E-state index in [9.17, 15) is 14.4 Å². The maximum Gasteiger partial charge on any atom is 0.286 e. The number of rotatable bonds is 4. The monoisotopic (exact) mass is 410 g/mol. The van der Waals surface area contributed by atoms with Crippen LogP contribution in [0.3, 0.4) is 0 Å². The number of halogens is 2. The van der Waals surface area contributed by atoms with E-state index in [2.05, 4.69) is 16.2 Å². The lowest BCUT2D eigenvalue weighted by molar-refractivity contribution is 0.617. The second kappa shape index (κ2) is 7.50. The fourth-order valence-electron chi connectivity index (χ4n) is 2.83. The molecule has 2 heterocycles. The topological polar surface area (TPSA) is 71.6 Å². The number of fused-ring (bicyclic) bond motifs is 1. The molecular formula is C20H12ClFN4OS. The summed E-state index contributed by atoms with van der Waals surface area (Å²) in [5, 5.41) is 14.3. The zero-order valence-corrected chi connectivity index (χ0v) is 15.9. The van der Waals surface area contributed by atoms with Gasteiger partial charge in [0, 0.05) is 5.56 Å². The van der Waals surface area contributed by atoms with Crippen molar-refractivity contribution in [3.63, 3.8) is 0 Å². The van der Waals surface area contributed by atoms with Gasteiger partial charge in [-0.2, -0.15) is 10.4 Å².